The second-order valence-corrected chi connectivity index (χ2v) is 16.3. The van der Waals surface area contributed by atoms with Crippen LogP contribution in [0.25, 0.3) is 22.3 Å². The fourth-order valence-electron chi connectivity index (χ4n) is 4.37. The minimum absolute atomic E-state index is 0.0157. The van der Waals surface area contributed by atoms with Crippen molar-refractivity contribution in [3.8, 4) is 22.8 Å². The molecule has 8 heteroatoms. The highest BCUT2D eigenvalue weighted by Gasteiger charge is 2.39. The van der Waals surface area contributed by atoms with Gasteiger partial charge >= 0.3 is 0 Å². The number of hydrogen-bond acceptors (Lipinski definition) is 6. The Kier molecular flexibility index (Phi) is 8.00. The zero-order valence-electron chi connectivity index (χ0n) is 24.4. The predicted molar refractivity (Wildman–Crippen MR) is 158 cm³/mol. The van der Waals surface area contributed by atoms with Crippen molar-refractivity contribution in [2.45, 2.75) is 65.3 Å². The lowest BCUT2D eigenvalue weighted by atomic mass is 9.97. The molecule has 0 amide bonds. The molecular weight excluding hydrogens is 506 g/mol. The smallest absolute Gasteiger partial charge is 0.192 e. The Hall–Kier alpha value is -3.49. The molecule has 1 N–H and O–H groups in total. The molecule has 0 saturated carbocycles. The van der Waals surface area contributed by atoms with Crippen molar-refractivity contribution in [1.29, 1.82) is 0 Å². The first-order valence-corrected chi connectivity index (χ1v) is 16.1. The van der Waals surface area contributed by atoms with Crippen molar-refractivity contribution in [2.24, 2.45) is 0 Å². The highest BCUT2D eigenvalue weighted by atomic mass is 28.4. The monoisotopic (exact) mass is 545 g/mol. The number of aromatic nitrogens is 3. The lowest BCUT2D eigenvalue weighted by molar-refractivity contribution is 0.0992. The molecule has 2 heterocycles. The summed E-state index contributed by atoms with van der Waals surface area (Å²) < 4.78 is 17.3. The number of methoxy groups -OCH3 is 2. The normalized spacial score (nSPS) is 12.9. The molecule has 0 saturated heterocycles. The number of benzene rings is 2. The van der Waals surface area contributed by atoms with Crippen LogP contribution in [0.5, 0.6) is 11.5 Å². The summed E-state index contributed by atoms with van der Waals surface area (Å²) in [5.74, 6) is 1.16. The second kappa shape index (κ2) is 10.9. The number of H-pyrrole nitrogens is 1. The largest absolute Gasteiger partial charge is 0.497 e. The van der Waals surface area contributed by atoms with Gasteiger partial charge in [-0.25, -0.2) is 4.98 Å². The van der Waals surface area contributed by atoms with E-state index in [0.717, 1.165) is 33.5 Å². The topological polar surface area (TPSA) is 86.3 Å². The van der Waals surface area contributed by atoms with E-state index in [4.69, 9.17) is 18.9 Å². The second-order valence-electron chi connectivity index (χ2n) is 11.6. The van der Waals surface area contributed by atoms with Crippen LogP contribution in [-0.4, -0.2) is 43.5 Å². The van der Waals surface area contributed by atoms with E-state index in [9.17, 15) is 4.79 Å². The molecule has 39 heavy (non-hydrogen) atoms. The van der Waals surface area contributed by atoms with Gasteiger partial charge in [0.2, 0.25) is 0 Å². The van der Waals surface area contributed by atoms with Gasteiger partial charge in [0, 0.05) is 29.0 Å². The first-order chi connectivity index (χ1) is 18.3. The molecule has 206 valence electrons. The molecule has 0 fully saturated rings. The summed E-state index contributed by atoms with van der Waals surface area (Å²) in [6, 6.07) is 15.4. The summed E-state index contributed by atoms with van der Waals surface area (Å²) in [6.07, 6.45) is 0.135. The predicted octanol–water partition coefficient (Wildman–Crippen LogP) is 7.46. The third-order valence-electron chi connectivity index (χ3n) is 7.75. The summed E-state index contributed by atoms with van der Waals surface area (Å²) in [5.41, 5.74) is 5.91. The van der Waals surface area contributed by atoms with Crippen molar-refractivity contribution < 1.29 is 18.7 Å². The zero-order valence-corrected chi connectivity index (χ0v) is 25.4. The number of ketones is 1. The minimum atomic E-state index is -1.95. The van der Waals surface area contributed by atoms with E-state index in [1.54, 1.807) is 32.4 Å². The van der Waals surface area contributed by atoms with Gasteiger partial charge in [-0.3, -0.25) is 9.89 Å². The van der Waals surface area contributed by atoms with E-state index in [-0.39, 0.29) is 23.3 Å². The summed E-state index contributed by atoms with van der Waals surface area (Å²) in [7, 11) is 1.20. The van der Waals surface area contributed by atoms with Crippen LogP contribution in [0.3, 0.4) is 0 Å². The van der Waals surface area contributed by atoms with Gasteiger partial charge in [0.25, 0.3) is 0 Å². The van der Waals surface area contributed by atoms with Gasteiger partial charge in [0.1, 0.15) is 11.5 Å². The average molecular weight is 546 g/mol. The van der Waals surface area contributed by atoms with E-state index >= 15 is 0 Å². The van der Waals surface area contributed by atoms with E-state index in [1.807, 2.05) is 31.2 Å². The van der Waals surface area contributed by atoms with Gasteiger partial charge < -0.3 is 13.9 Å². The molecule has 0 bridgehead atoms. The van der Waals surface area contributed by atoms with E-state index in [0.29, 0.717) is 22.7 Å². The van der Waals surface area contributed by atoms with E-state index < -0.39 is 8.32 Å². The molecule has 2 aromatic carbocycles. The number of aryl methyl sites for hydroxylation is 1. The van der Waals surface area contributed by atoms with Crippen LogP contribution in [-0.2, 0) is 10.8 Å². The van der Waals surface area contributed by atoms with Crippen molar-refractivity contribution >= 4 is 25.1 Å². The number of nitrogens with zero attached hydrogens (tertiary/aromatic N) is 2. The molecule has 0 spiro atoms. The summed E-state index contributed by atoms with van der Waals surface area (Å²) in [6.45, 7) is 15.3. The molecule has 4 rings (SSSR count). The van der Waals surface area contributed by atoms with E-state index in [2.05, 4.69) is 57.1 Å². The fourth-order valence-corrected chi connectivity index (χ4v) is 5.72. The van der Waals surface area contributed by atoms with Gasteiger partial charge in [0.15, 0.2) is 19.7 Å². The van der Waals surface area contributed by atoms with Gasteiger partial charge in [0.05, 0.1) is 31.7 Å². The molecule has 7 nitrogen and oxygen atoms in total. The van der Waals surface area contributed by atoms with Gasteiger partial charge in [-0.15, -0.1) is 0 Å². The van der Waals surface area contributed by atoms with Crippen LogP contribution in [0.4, 0.5) is 0 Å². The molecule has 2 aromatic heterocycles. The maximum absolute atomic E-state index is 13.1. The number of ether oxygens (including phenoxy) is 2. The van der Waals surface area contributed by atoms with Gasteiger partial charge in [-0.05, 0) is 73.4 Å². The van der Waals surface area contributed by atoms with Crippen LogP contribution in [0, 0.1) is 6.92 Å². The molecule has 0 aliphatic heterocycles. The van der Waals surface area contributed by atoms with Crippen LogP contribution in [0.2, 0.25) is 18.1 Å². The van der Waals surface area contributed by atoms with Crippen molar-refractivity contribution in [3.05, 3.63) is 70.9 Å². The Morgan fingerprint density at radius 3 is 2.28 bits per heavy atom. The Morgan fingerprint density at radius 1 is 1.00 bits per heavy atom. The lowest BCUT2D eigenvalue weighted by Gasteiger charge is -2.38. The van der Waals surface area contributed by atoms with Crippen LogP contribution in [0.15, 0.2) is 48.5 Å². The molecular formula is C31H39N3O4Si. The van der Waals surface area contributed by atoms with E-state index in [1.165, 1.54) is 0 Å². The Labute approximate surface area is 232 Å². The average Bonchev–Trinajstić information content (AvgIpc) is 3.32. The molecule has 0 aliphatic carbocycles. The van der Waals surface area contributed by atoms with Crippen LogP contribution < -0.4 is 9.47 Å². The lowest BCUT2D eigenvalue weighted by Crippen LogP contribution is -2.41. The summed E-state index contributed by atoms with van der Waals surface area (Å²) in [4.78, 5) is 18.0. The minimum Gasteiger partial charge on any atom is -0.497 e. The molecule has 1 atom stereocenters. The Morgan fingerprint density at radius 2 is 1.67 bits per heavy atom. The standard InChI is InChI=1S/C31H39N3O4Si/c1-19-10-11-21(15-28(35)22-16-23(36-6)18-24(17-22)37-7)14-26(19)27-13-12-25-29(33-34-30(25)32-27)20(2)38-39(8,9)31(3,4)5/h10-14,16-18,20H,15H2,1-9H3,(H,32,33,34)/t20-/m0/s1. The maximum Gasteiger partial charge on any atom is 0.192 e. The SMILES string of the molecule is COc1cc(OC)cc(C(=O)Cc2ccc(C)c(-c3ccc4c([C@H](C)O[Si](C)(C)C(C)(C)C)[nH]nc4n3)c2)c1. The number of pyridine rings is 1. The molecule has 0 unspecified atom stereocenters. The summed E-state index contributed by atoms with van der Waals surface area (Å²) >= 11 is 0. The first-order valence-electron chi connectivity index (χ1n) is 13.2. The number of fused-ring (bicyclic) bond motifs is 1. The number of rotatable bonds is 9. The van der Waals surface area contributed by atoms with Crippen LogP contribution >= 0.6 is 0 Å². The number of carbonyl (C=O) groups excluding carboxylic acids is 1. The number of aromatic amines is 1. The third-order valence-corrected chi connectivity index (χ3v) is 12.3. The van der Waals surface area contributed by atoms with Crippen molar-refractivity contribution in [2.75, 3.05) is 14.2 Å². The number of nitrogens with one attached hydrogen (secondary N) is 1. The van der Waals surface area contributed by atoms with Crippen LogP contribution in [0.1, 0.15) is 61.0 Å². The first kappa shape index (κ1) is 28.5. The molecule has 4 aromatic rings. The highest BCUT2D eigenvalue weighted by Crippen LogP contribution is 2.40. The molecule has 0 aliphatic rings. The Bertz CT molecular complexity index is 1480. The zero-order chi connectivity index (χ0) is 28.5. The van der Waals surface area contributed by atoms with Gasteiger partial charge in [-0.2, -0.15) is 5.10 Å². The Balaban J connectivity index is 1.60. The molecule has 0 radical (unpaired) electrons. The number of carbonyl (C=O) groups is 1. The number of Topliss-reactive ketones (excluding diaryl/α,β-unsaturated/α-hetero) is 1. The van der Waals surface area contributed by atoms with Crippen molar-refractivity contribution in [3.63, 3.8) is 0 Å². The summed E-state index contributed by atoms with van der Waals surface area (Å²) in [5, 5.41) is 8.76. The third kappa shape index (κ3) is 6.07. The quantitative estimate of drug-likeness (QED) is 0.174. The van der Waals surface area contributed by atoms with Crippen molar-refractivity contribution in [1.82, 2.24) is 15.2 Å². The van der Waals surface area contributed by atoms with Gasteiger partial charge in [-0.1, -0.05) is 32.9 Å². The highest BCUT2D eigenvalue weighted by molar-refractivity contribution is 6.74. The number of hydrogen-bond donors (Lipinski definition) is 1. The fraction of sp³-hybridized carbons (Fsp3) is 0.387. The maximum atomic E-state index is 13.1.